The molecule has 2 rings (SSSR count). The standard InChI is InChI=1S/C12H12F3NO2S/c1-19(18,8-4-2-7(13)3-5-8)16-12(17)10-6-9(10)11(14)15/h2-5,9-11H,6H2,1H3/t9-,10-,19?/m0/s1. The van der Waals surface area contributed by atoms with Gasteiger partial charge in [0.2, 0.25) is 6.43 Å². The molecular formula is C12H12F3NO2S. The average molecular weight is 291 g/mol. The van der Waals surface area contributed by atoms with Crippen molar-refractivity contribution in [1.29, 1.82) is 0 Å². The first-order chi connectivity index (χ1) is 8.81. The van der Waals surface area contributed by atoms with Gasteiger partial charge in [-0.3, -0.25) is 4.79 Å². The fourth-order valence-corrected chi connectivity index (χ4v) is 2.98. The maximum atomic E-state index is 12.7. The van der Waals surface area contributed by atoms with Gasteiger partial charge in [0.1, 0.15) is 5.82 Å². The molecular weight excluding hydrogens is 279 g/mol. The van der Waals surface area contributed by atoms with Crippen LogP contribution in [0.5, 0.6) is 0 Å². The minimum Gasteiger partial charge on any atom is -0.272 e. The summed E-state index contributed by atoms with van der Waals surface area (Å²) in [6, 6.07) is 4.76. The lowest BCUT2D eigenvalue weighted by atomic mass is 10.3. The molecule has 19 heavy (non-hydrogen) atoms. The summed E-state index contributed by atoms with van der Waals surface area (Å²) >= 11 is 0. The van der Waals surface area contributed by atoms with Crippen LogP contribution in [0.3, 0.4) is 0 Å². The normalized spacial score (nSPS) is 24.9. The monoisotopic (exact) mass is 291 g/mol. The van der Waals surface area contributed by atoms with Crippen molar-refractivity contribution < 1.29 is 22.2 Å². The summed E-state index contributed by atoms with van der Waals surface area (Å²) < 4.78 is 53.1. The van der Waals surface area contributed by atoms with E-state index in [2.05, 4.69) is 4.36 Å². The zero-order valence-electron chi connectivity index (χ0n) is 10.1. The zero-order valence-corrected chi connectivity index (χ0v) is 10.9. The van der Waals surface area contributed by atoms with Crippen LogP contribution in [0.15, 0.2) is 33.5 Å². The molecule has 0 bridgehead atoms. The number of benzene rings is 1. The van der Waals surface area contributed by atoms with E-state index < -0.39 is 39.7 Å². The Bertz CT molecular complexity index is 606. The Morgan fingerprint density at radius 1 is 1.37 bits per heavy atom. The average Bonchev–Trinajstić information content (AvgIpc) is 3.08. The Morgan fingerprint density at radius 3 is 2.42 bits per heavy atom. The van der Waals surface area contributed by atoms with Gasteiger partial charge in [-0.2, -0.15) is 4.36 Å². The quantitative estimate of drug-likeness (QED) is 0.859. The largest absolute Gasteiger partial charge is 0.272 e. The summed E-state index contributed by atoms with van der Waals surface area (Å²) in [5, 5.41) is 0. The summed E-state index contributed by atoms with van der Waals surface area (Å²) in [4.78, 5) is 11.8. The molecule has 0 N–H and O–H groups in total. The molecule has 104 valence electrons. The third-order valence-electron chi connectivity index (χ3n) is 3.00. The molecule has 1 amide bonds. The van der Waals surface area contributed by atoms with Gasteiger partial charge in [-0.25, -0.2) is 17.4 Å². The summed E-state index contributed by atoms with van der Waals surface area (Å²) in [7, 11) is -3.02. The SMILES string of the molecule is CS(=O)(=NC(=O)[C@H]1C[C@@H]1C(F)F)c1ccc(F)cc1. The van der Waals surface area contributed by atoms with Gasteiger partial charge in [0.15, 0.2) is 0 Å². The highest BCUT2D eigenvalue weighted by Crippen LogP contribution is 2.44. The summed E-state index contributed by atoms with van der Waals surface area (Å²) in [5.74, 6) is -3.06. The number of carbonyl (C=O) groups excluding carboxylic acids is 1. The predicted molar refractivity (Wildman–Crippen MR) is 63.8 cm³/mol. The van der Waals surface area contributed by atoms with Crippen LogP contribution >= 0.6 is 0 Å². The lowest BCUT2D eigenvalue weighted by molar-refractivity contribution is -0.119. The van der Waals surface area contributed by atoms with E-state index in [1.54, 1.807) is 0 Å². The van der Waals surface area contributed by atoms with Gasteiger partial charge < -0.3 is 0 Å². The van der Waals surface area contributed by atoms with Gasteiger partial charge in [-0.15, -0.1) is 0 Å². The molecule has 1 unspecified atom stereocenters. The second-order valence-electron chi connectivity index (χ2n) is 4.53. The smallest absolute Gasteiger partial charge is 0.257 e. The molecule has 3 nitrogen and oxygen atoms in total. The van der Waals surface area contributed by atoms with Crippen LogP contribution < -0.4 is 0 Å². The number of alkyl halides is 2. The molecule has 1 aliphatic rings. The summed E-state index contributed by atoms with van der Waals surface area (Å²) in [5.41, 5.74) is 0. The van der Waals surface area contributed by atoms with Crippen molar-refractivity contribution in [3.8, 4) is 0 Å². The van der Waals surface area contributed by atoms with E-state index in [0.29, 0.717) is 0 Å². The van der Waals surface area contributed by atoms with E-state index in [9.17, 15) is 22.2 Å². The van der Waals surface area contributed by atoms with Gasteiger partial charge in [0, 0.05) is 23.0 Å². The maximum absolute atomic E-state index is 12.7. The molecule has 1 aromatic rings. The van der Waals surface area contributed by atoms with Gasteiger partial charge >= 0.3 is 0 Å². The first-order valence-corrected chi connectivity index (χ1v) is 7.53. The minimum atomic E-state index is -3.02. The fourth-order valence-electron chi connectivity index (χ4n) is 1.76. The first-order valence-electron chi connectivity index (χ1n) is 5.61. The fraction of sp³-hybridized carbons (Fsp3) is 0.417. The topological polar surface area (TPSA) is 46.5 Å². The van der Waals surface area contributed by atoms with Crippen LogP contribution in [0.2, 0.25) is 0 Å². The number of amides is 1. The number of carbonyl (C=O) groups is 1. The van der Waals surface area contributed by atoms with Gasteiger partial charge in [-0.1, -0.05) is 0 Å². The van der Waals surface area contributed by atoms with Crippen molar-refractivity contribution in [3.63, 3.8) is 0 Å². The Labute approximate surface area is 109 Å². The van der Waals surface area contributed by atoms with Crippen molar-refractivity contribution in [2.75, 3.05) is 6.26 Å². The number of hydrogen-bond acceptors (Lipinski definition) is 2. The molecule has 1 saturated carbocycles. The van der Waals surface area contributed by atoms with Crippen molar-refractivity contribution in [2.24, 2.45) is 16.2 Å². The molecule has 0 saturated heterocycles. The van der Waals surface area contributed by atoms with Gasteiger partial charge in [0.05, 0.1) is 9.73 Å². The molecule has 0 aromatic heterocycles. The summed E-state index contributed by atoms with van der Waals surface area (Å²) in [6.45, 7) is 0. The molecule has 0 heterocycles. The molecule has 1 aromatic carbocycles. The molecule has 1 fully saturated rings. The van der Waals surface area contributed by atoms with Crippen LogP contribution in [-0.4, -0.2) is 22.8 Å². The molecule has 7 heteroatoms. The van der Waals surface area contributed by atoms with Crippen LogP contribution in [0.4, 0.5) is 13.2 Å². The van der Waals surface area contributed by atoms with Gasteiger partial charge in [-0.05, 0) is 30.7 Å². The Kier molecular flexibility index (Phi) is 3.66. The molecule has 0 aliphatic heterocycles. The van der Waals surface area contributed by atoms with E-state index in [1.165, 1.54) is 18.4 Å². The maximum Gasteiger partial charge on any atom is 0.257 e. The Morgan fingerprint density at radius 2 is 1.95 bits per heavy atom. The van der Waals surface area contributed by atoms with Crippen molar-refractivity contribution in [1.82, 2.24) is 0 Å². The second kappa shape index (κ2) is 4.96. The molecule has 1 aliphatic carbocycles. The minimum absolute atomic E-state index is 0.0823. The lowest BCUT2D eigenvalue weighted by Crippen LogP contribution is -2.08. The number of rotatable bonds is 3. The van der Waals surface area contributed by atoms with Crippen LogP contribution in [0, 0.1) is 17.7 Å². The van der Waals surface area contributed by atoms with Crippen molar-refractivity contribution in [2.45, 2.75) is 17.7 Å². The van der Waals surface area contributed by atoms with Crippen LogP contribution in [-0.2, 0) is 14.5 Å². The van der Waals surface area contributed by atoms with E-state index >= 15 is 0 Å². The number of nitrogens with zero attached hydrogens (tertiary/aromatic N) is 1. The number of halogens is 3. The molecule has 0 spiro atoms. The zero-order chi connectivity index (χ0) is 14.2. The molecule has 3 atom stereocenters. The second-order valence-corrected chi connectivity index (χ2v) is 6.79. The third kappa shape index (κ3) is 3.15. The first kappa shape index (κ1) is 14.0. The Balaban J connectivity index is 2.20. The van der Waals surface area contributed by atoms with E-state index in [-0.39, 0.29) is 11.3 Å². The lowest BCUT2D eigenvalue weighted by Gasteiger charge is -2.03. The van der Waals surface area contributed by atoms with Crippen LogP contribution in [0.1, 0.15) is 6.42 Å². The number of hydrogen-bond donors (Lipinski definition) is 0. The van der Waals surface area contributed by atoms with E-state index in [0.717, 1.165) is 12.1 Å². The highest BCUT2D eigenvalue weighted by atomic mass is 32.2. The van der Waals surface area contributed by atoms with Crippen molar-refractivity contribution in [3.05, 3.63) is 30.1 Å². The van der Waals surface area contributed by atoms with Crippen LogP contribution in [0.25, 0.3) is 0 Å². The summed E-state index contributed by atoms with van der Waals surface area (Å²) in [6.07, 6.45) is -1.24. The molecule has 0 radical (unpaired) electrons. The highest BCUT2D eigenvalue weighted by molar-refractivity contribution is 7.93. The van der Waals surface area contributed by atoms with E-state index in [1.807, 2.05) is 0 Å². The predicted octanol–water partition coefficient (Wildman–Crippen LogP) is 2.71. The Hall–Kier alpha value is -1.37. The van der Waals surface area contributed by atoms with Gasteiger partial charge in [0.25, 0.3) is 5.91 Å². The highest BCUT2D eigenvalue weighted by Gasteiger charge is 2.49. The van der Waals surface area contributed by atoms with Crippen molar-refractivity contribution >= 4 is 15.6 Å². The third-order valence-corrected chi connectivity index (χ3v) is 4.67. The van der Waals surface area contributed by atoms with E-state index in [4.69, 9.17) is 0 Å².